The van der Waals surface area contributed by atoms with Crippen LogP contribution in [0.4, 0.5) is 5.69 Å². The number of hydrogen-bond acceptors (Lipinski definition) is 1. The molecule has 4 aromatic carbocycles. The van der Waals surface area contributed by atoms with Crippen molar-refractivity contribution >= 4 is 39.3 Å². The van der Waals surface area contributed by atoms with Gasteiger partial charge in [0.15, 0.2) is 0 Å². The van der Waals surface area contributed by atoms with Gasteiger partial charge in [0.1, 0.15) is 0 Å². The van der Waals surface area contributed by atoms with Gasteiger partial charge in [0.05, 0.1) is 6.42 Å². The van der Waals surface area contributed by atoms with Crippen molar-refractivity contribution in [1.82, 2.24) is 4.57 Å². The summed E-state index contributed by atoms with van der Waals surface area (Å²) in [6.45, 7) is 0.752. The lowest BCUT2D eigenvalue weighted by Crippen LogP contribution is -2.14. The number of nitrogens with one attached hydrogen (secondary N) is 1. The van der Waals surface area contributed by atoms with Gasteiger partial charge in [-0.3, -0.25) is 4.79 Å². The molecule has 0 atom stereocenters. The predicted molar refractivity (Wildman–Crippen MR) is 134 cm³/mol. The van der Waals surface area contributed by atoms with Crippen LogP contribution in [-0.4, -0.2) is 10.5 Å². The van der Waals surface area contributed by atoms with E-state index in [-0.39, 0.29) is 5.91 Å². The number of carbonyl (C=O) groups is 1. The van der Waals surface area contributed by atoms with Gasteiger partial charge in [0, 0.05) is 29.3 Å². The number of fused-ring (bicyclic) bond motifs is 2. The molecule has 156 valence electrons. The number of carbonyl (C=O) groups excluding carboxylic acids is 1. The topological polar surface area (TPSA) is 34.0 Å². The summed E-state index contributed by atoms with van der Waals surface area (Å²) in [5, 5.41) is 6.46. The van der Waals surface area contributed by atoms with E-state index in [1.165, 1.54) is 5.56 Å². The maximum atomic E-state index is 12.8. The SMILES string of the molecule is O=C(Cc1cn(CC=Cc2ccccc2)c2ccccc12)Nc1ccc2ccccc2c1. The van der Waals surface area contributed by atoms with E-state index in [4.69, 9.17) is 0 Å². The zero-order chi connectivity index (χ0) is 21.8. The number of amides is 1. The summed E-state index contributed by atoms with van der Waals surface area (Å²) in [7, 11) is 0. The van der Waals surface area contributed by atoms with Gasteiger partial charge >= 0.3 is 0 Å². The molecule has 0 radical (unpaired) electrons. The maximum absolute atomic E-state index is 12.8. The summed E-state index contributed by atoms with van der Waals surface area (Å²) < 4.78 is 2.20. The summed E-state index contributed by atoms with van der Waals surface area (Å²) in [6, 6.07) is 32.7. The monoisotopic (exact) mass is 416 g/mol. The Morgan fingerprint density at radius 2 is 1.56 bits per heavy atom. The van der Waals surface area contributed by atoms with Crippen molar-refractivity contribution in [3.05, 3.63) is 120 Å². The first kappa shape index (κ1) is 19.8. The van der Waals surface area contributed by atoms with Crippen molar-refractivity contribution < 1.29 is 4.79 Å². The fourth-order valence-electron chi connectivity index (χ4n) is 4.13. The molecule has 1 amide bonds. The zero-order valence-electron chi connectivity index (χ0n) is 17.7. The van der Waals surface area contributed by atoms with Gasteiger partial charge in [-0.15, -0.1) is 0 Å². The Bertz CT molecular complexity index is 1410. The van der Waals surface area contributed by atoms with E-state index in [2.05, 4.69) is 64.6 Å². The maximum Gasteiger partial charge on any atom is 0.228 e. The van der Waals surface area contributed by atoms with Gasteiger partial charge in [-0.1, -0.05) is 91.0 Å². The number of hydrogen-bond donors (Lipinski definition) is 1. The van der Waals surface area contributed by atoms with E-state index in [0.717, 1.165) is 39.5 Å². The summed E-state index contributed by atoms with van der Waals surface area (Å²) in [5.74, 6) is -0.0111. The Balaban J connectivity index is 1.34. The predicted octanol–water partition coefficient (Wildman–Crippen LogP) is 6.69. The zero-order valence-corrected chi connectivity index (χ0v) is 17.7. The van der Waals surface area contributed by atoms with Crippen LogP contribution >= 0.6 is 0 Å². The highest BCUT2D eigenvalue weighted by atomic mass is 16.1. The van der Waals surface area contributed by atoms with E-state index in [1.807, 2.05) is 60.7 Å². The molecular formula is C29H24N2O. The second-order valence-corrected chi connectivity index (χ2v) is 7.92. The number of aromatic nitrogens is 1. The van der Waals surface area contributed by atoms with Crippen molar-refractivity contribution in [2.75, 3.05) is 5.32 Å². The first-order valence-corrected chi connectivity index (χ1v) is 10.8. The molecule has 0 aliphatic carbocycles. The van der Waals surface area contributed by atoms with Crippen LogP contribution in [0.15, 0.2) is 109 Å². The van der Waals surface area contributed by atoms with Crippen LogP contribution in [0.3, 0.4) is 0 Å². The molecule has 5 rings (SSSR count). The first-order valence-electron chi connectivity index (χ1n) is 10.8. The highest BCUT2D eigenvalue weighted by molar-refractivity contribution is 5.97. The smallest absolute Gasteiger partial charge is 0.228 e. The minimum atomic E-state index is -0.0111. The summed E-state index contributed by atoms with van der Waals surface area (Å²) >= 11 is 0. The lowest BCUT2D eigenvalue weighted by atomic mass is 10.1. The largest absolute Gasteiger partial charge is 0.343 e. The average Bonchev–Trinajstić information content (AvgIpc) is 3.17. The van der Waals surface area contributed by atoms with Crippen LogP contribution in [0.1, 0.15) is 11.1 Å². The van der Waals surface area contributed by atoms with Crippen LogP contribution < -0.4 is 5.32 Å². The van der Waals surface area contributed by atoms with E-state index in [0.29, 0.717) is 6.42 Å². The van der Waals surface area contributed by atoms with E-state index >= 15 is 0 Å². The van der Waals surface area contributed by atoms with Crippen LogP contribution in [-0.2, 0) is 17.8 Å². The Labute approximate surface area is 187 Å². The average molecular weight is 417 g/mol. The van der Waals surface area contributed by atoms with Gasteiger partial charge in [0.25, 0.3) is 0 Å². The van der Waals surface area contributed by atoms with E-state index in [1.54, 1.807) is 0 Å². The Hall–Kier alpha value is -4.11. The van der Waals surface area contributed by atoms with Gasteiger partial charge in [-0.2, -0.15) is 0 Å². The molecule has 3 nitrogen and oxygen atoms in total. The number of para-hydroxylation sites is 1. The lowest BCUT2D eigenvalue weighted by molar-refractivity contribution is -0.115. The Kier molecular flexibility index (Phi) is 5.54. The van der Waals surface area contributed by atoms with Crippen LogP contribution in [0, 0.1) is 0 Å². The summed E-state index contributed by atoms with van der Waals surface area (Å²) in [6.07, 6.45) is 6.71. The normalized spacial score (nSPS) is 11.4. The number of allylic oxidation sites excluding steroid dienone is 1. The molecule has 0 spiro atoms. The highest BCUT2D eigenvalue weighted by Gasteiger charge is 2.12. The lowest BCUT2D eigenvalue weighted by Gasteiger charge is -2.06. The highest BCUT2D eigenvalue weighted by Crippen LogP contribution is 2.23. The van der Waals surface area contributed by atoms with Crippen molar-refractivity contribution in [2.24, 2.45) is 0 Å². The summed E-state index contributed by atoms with van der Waals surface area (Å²) in [5.41, 5.74) is 4.17. The summed E-state index contributed by atoms with van der Waals surface area (Å²) in [4.78, 5) is 12.8. The molecule has 0 aliphatic heterocycles. The second kappa shape index (κ2) is 8.94. The van der Waals surface area contributed by atoms with Crippen LogP contribution in [0.5, 0.6) is 0 Å². The van der Waals surface area contributed by atoms with Crippen LogP contribution in [0.25, 0.3) is 27.8 Å². The standard InChI is InChI=1S/C29H24N2O/c32-29(30-26-17-16-23-12-4-5-13-24(23)19-26)20-25-21-31(28-15-7-6-14-27(25)28)18-8-11-22-9-2-1-3-10-22/h1-17,19,21H,18,20H2,(H,30,32). The number of anilines is 1. The first-order chi connectivity index (χ1) is 15.8. The molecule has 1 heterocycles. The van der Waals surface area contributed by atoms with Gasteiger partial charge in [-0.05, 0) is 40.1 Å². The van der Waals surface area contributed by atoms with Crippen molar-refractivity contribution in [2.45, 2.75) is 13.0 Å². The number of nitrogens with zero attached hydrogens (tertiary/aromatic N) is 1. The van der Waals surface area contributed by atoms with Crippen molar-refractivity contribution in [3.63, 3.8) is 0 Å². The minimum Gasteiger partial charge on any atom is -0.343 e. The third-order valence-corrected chi connectivity index (χ3v) is 5.67. The molecule has 3 heteroatoms. The molecule has 32 heavy (non-hydrogen) atoms. The van der Waals surface area contributed by atoms with E-state index < -0.39 is 0 Å². The van der Waals surface area contributed by atoms with Gasteiger partial charge in [-0.25, -0.2) is 0 Å². The van der Waals surface area contributed by atoms with E-state index in [9.17, 15) is 4.79 Å². The molecule has 1 aromatic heterocycles. The second-order valence-electron chi connectivity index (χ2n) is 7.92. The molecular weight excluding hydrogens is 392 g/mol. The number of benzene rings is 4. The number of rotatable bonds is 6. The van der Waals surface area contributed by atoms with Gasteiger partial charge < -0.3 is 9.88 Å². The molecule has 0 bridgehead atoms. The third kappa shape index (κ3) is 4.33. The minimum absolute atomic E-state index is 0.0111. The fourth-order valence-corrected chi connectivity index (χ4v) is 4.13. The Morgan fingerprint density at radius 1 is 0.812 bits per heavy atom. The van der Waals surface area contributed by atoms with Crippen LogP contribution in [0.2, 0.25) is 0 Å². The molecule has 0 unspecified atom stereocenters. The third-order valence-electron chi connectivity index (χ3n) is 5.67. The molecule has 0 fully saturated rings. The molecule has 5 aromatic rings. The molecule has 1 N–H and O–H groups in total. The molecule has 0 aliphatic rings. The van der Waals surface area contributed by atoms with Gasteiger partial charge in [0.2, 0.25) is 5.91 Å². The molecule has 0 saturated heterocycles. The van der Waals surface area contributed by atoms with Crippen molar-refractivity contribution in [3.8, 4) is 0 Å². The van der Waals surface area contributed by atoms with Crippen molar-refractivity contribution in [1.29, 1.82) is 0 Å². The quantitative estimate of drug-likeness (QED) is 0.329. The molecule has 0 saturated carbocycles. The Morgan fingerprint density at radius 3 is 2.44 bits per heavy atom. The fraction of sp³-hybridized carbons (Fsp3) is 0.0690.